The van der Waals surface area contributed by atoms with E-state index in [1.165, 1.54) is 44.0 Å². The van der Waals surface area contributed by atoms with Crippen molar-refractivity contribution in [1.29, 1.82) is 0 Å². The first-order chi connectivity index (χ1) is 14.9. The van der Waals surface area contributed by atoms with Crippen LogP contribution in [-0.2, 0) is 12.8 Å². The third-order valence-corrected chi connectivity index (χ3v) is 6.43. The maximum Gasteiger partial charge on any atom is 0.0493 e. The van der Waals surface area contributed by atoms with Crippen molar-refractivity contribution in [3.63, 3.8) is 0 Å². The van der Waals surface area contributed by atoms with Gasteiger partial charge in [-0.1, -0.05) is 97.1 Å². The average molecular weight is 386 g/mol. The Morgan fingerprint density at radius 3 is 2.03 bits per heavy atom. The second kappa shape index (κ2) is 7.03. The number of para-hydroxylation sites is 1. The van der Waals surface area contributed by atoms with Crippen LogP contribution >= 0.6 is 0 Å². The van der Waals surface area contributed by atoms with E-state index in [1.807, 2.05) is 0 Å². The molecule has 1 heteroatoms. The van der Waals surface area contributed by atoms with Gasteiger partial charge < -0.3 is 4.90 Å². The topological polar surface area (TPSA) is 3.24 Å². The second-order valence-electron chi connectivity index (χ2n) is 8.20. The number of anilines is 2. The zero-order valence-corrected chi connectivity index (χ0v) is 16.8. The van der Waals surface area contributed by atoms with Crippen molar-refractivity contribution in [2.45, 2.75) is 18.9 Å². The Kier molecular flexibility index (Phi) is 4.06. The fraction of sp³-hybridized carbons (Fsp3) is 0.103. The first-order valence-corrected chi connectivity index (χ1v) is 10.7. The second-order valence-corrected chi connectivity index (χ2v) is 8.20. The Hall–Kier alpha value is -3.58. The lowest BCUT2D eigenvalue weighted by Crippen LogP contribution is -2.29. The lowest BCUT2D eigenvalue weighted by atomic mass is 9.96. The molecule has 0 aliphatic carbocycles. The summed E-state index contributed by atoms with van der Waals surface area (Å²) in [7, 11) is 0. The molecule has 5 aromatic rings. The number of nitrogens with zero attached hydrogens (tertiary/aromatic N) is 1. The van der Waals surface area contributed by atoms with Crippen LogP contribution in [0.1, 0.15) is 11.1 Å². The Labute approximate surface area is 177 Å². The lowest BCUT2D eigenvalue weighted by molar-refractivity contribution is 0.686. The summed E-state index contributed by atoms with van der Waals surface area (Å²) in [6, 6.07) is 40.2. The molecule has 0 saturated heterocycles. The fourth-order valence-corrected chi connectivity index (χ4v) is 5.09. The van der Waals surface area contributed by atoms with E-state index in [4.69, 9.17) is 0 Å². The molecule has 1 unspecified atom stereocenters. The third kappa shape index (κ3) is 2.78. The quantitative estimate of drug-likeness (QED) is 0.315. The maximum atomic E-state index is 2.58. The first kappa shape index (κ1) is 17.3. The Morgan fingerprint density at radius 2 is 1.17 bits per heavy atom. The van der Waals surface area contributed by atoms with Gasteiger partial charge in [0.15, 0.2) is 0 Å². The van der Waals surface area contributed by atoms with Crippen LogP contribution in [-0.4, -0.2) is 6.04 Å². The van der Waals surface area contributed by atoms with E-state index in [0.717, 1.165) is 12.8 Å². The van der Waals surface area contributed by atoms with Gasteiger partial charge >= 0.3 is 0 Å². The van der Waals surface area contributed by atoms with Gasteiger partial charge in [0.25, 0.3) is 0 Å². The van der Waals surface area contributed by atoms with Crippen LogP contribution in [0.3, 0.4) is 0 Å². The molecule has 1 nitrogen and oxygen atoms in total. The van der Waals surface area contributed by atoms with Crippen LogP contribution in [0.4, 0.5) is 11.4 Å². The lowest BCUT2D eigenvalue weighted by Gasteiger charge is -2.29. The van der Waals surface area contributed by atoms with Gasteiger partial charge in [-0.05, 0) is 52.3 Å². The summed E-state index contributed by atoms with van der Waals surface area (Å²) < 4.78 is 0. The maximum absolute atomic E-state index is 2.58. The molecule has 1 aliphatic heterocycles. The highest BCUT2D eigenvalue weighted by molar-refractivity contribution is 5.97. The zero-order chi connectivity index (χ0) is 19.9. The molecule has 5 aromatic carbocycles. The standard InChI is InChI=1S/C29H23N/c1-4-15-26-21(9-1)12-7-14-23(26)19-25-20-24-11-3-6-17-28(24)30(25)29-18-8-13-22-10-2-5-16-27(22)29/h1-18,25H,19-20H2. The summed E-state index contributed by atoms with van der Waals surface area (Å²) in [5, 5.41) is 5.30. The molecule has 0 spiro atoms. The van der Waals surface area contributed by atoms with Gasteiger partial charge in [0, 0.05) is 22.8 Å². The largest absolute Gasteiger partial charge is 0.337 e. The molecule has 1 aliphatic rings. The van der Waals surface area contributed by atoms with Crippen molar-refractivity contribution in [3.8, 4) is 0 Å². The van der Waals surface area contributed by atoms with E-state index in [9.17, 15) is 0 Å². The van der Waals surface area contributed by atoms with Crippen LogP contribution in [0, 0.1) is 0 Å². The average Bonchev–Trinajstić information content (AvgIpc) is 3.16. The van der Waals surface area contributed by atoms with Crippen LogP contribution in [0.15, 0.2) is 109 Å². The molecule has 1 heterocycles. The minimum atomic E-state index is 0.402. The van der Waals surface area contributed by atoms with E-state index >= 15 is 0 Å². The third-order valence-electron chi connectivity index (χ3n) is 6.43. The zero-order valence-electron chi connectivity index (χ0n) is 16.8. The number of benzene rings is 5. The van der Waals surface area contributed by atoms with Gasteiger partial charge in [0.1, 0.15) is 0 Å². The molecule has 144 valence electrons. The summed E-state index contributed by atoms with van der Waals surface area (Å²) >= 11 is 0. The predicted molar refractivity (Wildman–Crippen MR) is 128 cm³/mol. The molecule has 0 amide bonds. The number of hydrogen-bond donors (Lipinski definition) is 0. The van der Waals surface area contributed by atoms with E-state index < -0.39 is 0 Å². The van der Waals surface area contributed by atoms with Crippen LogP contribution in [0.2, 0.25) is 0 Å². The monoisotopic (exact) mass is 385 g/mol. The van der Waals surface area contributed by atoms with Crippen molar-refractivity contribution in [2.24, 2.45) is 0 Å². The molecule has 0 aromatic heterocycles. The minimum Gasteiger partial charge on any atom is -0.337 e. The van der Waals surface area contributed by atoms with Crippen molar-refractivity contribution < 1.29 is 0 Å². The Bertz CT molecular complexity index is 1360. The molecular formula is C29H23N. The summed E-state index contributed by atoms with van der Waals surface area (Å²) in [6.07, 6.45) is 2.10. The summed E-state index contributed by atoms with van der Waals surface area (Å²) in [5.41, 5.74) is 5.52. The van der Waals surface area contributed by atoms with Crippen LogP contribution in [0.25, 0.3) is 21.5 Å². The Morgan fingerprint density at radius 1 is 0.567 bits per heavy atom. The van der Waals surface area contributed by atoms with Gasteiger partial charge in [-0.2, -0.15) is 0 Å². The predicted octanol–water partition coefficient (Wildman–Crippen LogP) is 7.30. The highest BCUT2D eigenvalue weighted by Gasteiger charge is 2.31. The van der Waals surface area contributed by atoms with Gasteiger partial charge in [-0.3, -0.25) is 0 Å². The van der Waals surface area contributed by atoms with Crippen molar-refractivity contribution >= 4 is 32.9 Å². The SMILES string of the molecule is c1ccc2c(c1)CC(Cc1cccc3ccccc13)N2c1cccc2ccccc12. The molecule has 0 N–H and O–H groups in total. The van der Waals surface area contributed by atoms with Crippen molar-refractivity contribution in [2.75, 3.05) is 4.90 Å². The molecule has 30 heavy (non-hydrogen) atoms. The highest BCUT2D eigenvalue weighted by Crippen LogP contribution is 2.42. The summed E-state index contributed by atoms with van der Waals surface area (Å²) in [6.45, 7) is 0. The number of hydrogen-bond acceptors (Lipinski definition) is 1. The van der Waals surface area contributed by atoms with E-state index in [-0.39, 0.29) is 0 Å². The van der Waals surface area contributed by atoms with Crippen LogP contribution in [0.5, 0.6) is 0 Å². The molecule has 0 radical (unpaired) electrons. The molecule has 0 bridgehead atoms. The molecule has 6 rings (SSSR count). The fourth-order valence-electron chi connectivity index (χ4n) is 5.09. The van der Waals surface area contributed by atoms with E-state index in [0.29, 0.717) is 6.04 Å². The molecular weight excluding hydrogens is 362 g/mol. The number of rotatable bonds is 3. The molecule has 0 saturated carbocycles. The highest BCUT2D eigenvalue weighted by atomic mass is 15.2. The van der Waals surface area contributed by atoms with Gasteiger partial charge in [0.2, 0.25) is 0 Å². The molecule has 1 atom stereocenters. The van der Waals surface area contributed by atoms with E-state index in [1.54, 1.807) is 0 Å². The van der Waals surface area contributed by atoms with Gasteiger partial charge in [0.05, 0.1) is 0 Å². The molecule has 0 fully saturated rings. The van der Waals surface area contributed by atoms with Gasteiger partial charge in [-0.15, -0.1) is 0 Å². The van der Waals surface area contributed by atoms with Crippen LogP contribution < -0.4 is 4.90 Å². The first-order valence-electron chi connectivity index (χ1n) is 10.7. The van der Waals surface area contributed by atoms with E-state index in [2.05, 4.69) is 114 Å². The normalized spacial score (nSPS) is 15.6. The number of fused-ring (bicyclic) bond motifs is 3. The van der Waals surface area contributed by atoms with Gasteiger partial charge in [-0.25, -0.2) is 0 Å². The van der Waals surface area contributed by atoms with Crippen molar-refractivity contribution in [1.82, 2.24) is 0 Å². The minimum absolute atomic E-state index is 0.402. The summed E-state index contributed by atoms with van der Waals surface area (Å²) in [5.74, 6) is 0. The Balaban J connectivity index is 1.50. The van der Waals surface area contributed by atoms with Crippen molar-refractivity contribution in [3.05, 3.63) is 120 Å². The summed E-state index contributed by atoms with van der Waals surface area (Å²) in [4.78, 5) is 2.58. The smallest absolute Gasteiger partial charge is 0.0493 e.